The fourth-order valence-corrected chi connectivity index (χ4v) is 3.22. The highest BCUT2D eigenvalue weighted by molar-refractivity contribution is 6.31. The van der Waals surface area contributed by atoms with Gasteiger partial charge in [-0.3, -0.25) is 0 Å². The molecule has 0 radical (unpaired) electrons. The molecule has 0 spiro atoms. The van der Waals surface area contributed by atoms with E-state index >= 15 is 0 Å². The number of benzene rings is 1. The number of nitrogens with zero attached hydrogens (tertiary/aromatic N) is 2. The molecule has 1 aromatic heterocycles. The Morgan fingerprint density at radius 2 is 2.19 bits per heavy atom. The van der Waals surface area contributed by atoms with Crippen LogP contribution in [0.25, 0.3) is 11.0 Å². The molecule has 1 aliphatic rings. The van der Waals surface area contributed by atoms with Crippen LogP contribution in [0.2, 0.25) is 5.02 Å². The molecule has 1 atom stereocenters. The smallest absolute Gasteiger partial charge is 0.144 e. The standard InChI is InChI=1S/C15H17Cl2FN2O/c1-9(16)14-19-12-7-11(18)10(17)6-13(12)20(14)8-15(21-2)4-3-5-15/h6-7,9H,3-5,8H2,1-2H3. The summed E-state index contributed by atoms with van der Waals surface area (Å²) in [6, 6.07) is 2.97. The minimum atomic E-state index is -0.465. The number of alkyl halides is 1. The number of halogens is 3. The molecule has 0 amide bonds. The van der Waals surface area contributed by atoms with E-state index in [-0.39, 0.29) is 16.0 Å². The molecule has 6 heteroatoms. The number of hydrogen-bond acceptors (Lipinski definition) is 2. The third kappa shape index (κ3) is 2.54. The van der Waals surface area contributed by atoms with Gasteiger partial charge in [-0.1, -0.05) is 11.6 Å². The van der Waals surface area contributed by atoms with Gasteiger partial charge in [-0.25, -0.2) is 9.37 Å². The summed E-state index contributed by atoms with van der Waals surface area (Å²) in [7, 11) is 1.73. The Hall–Kier alpha value is -0.840. The van der Waals surface area contributed by atoms with Crippen LogP contribution < -0.4 is 0 Å². The molecule has 1 heterocycles. The van der Waals surface area contributed by atoms with Crippen LogP contribution in [-0.2, 0) is 11.3 Å². The molecule has 0 saturated heterocycles. The average Bonchev–Trinajstić information content (AvgIpc) is 2.73. The zero-order valence-corrected chi connectivity index (χ0v) is 13.5. The molecule has 0 aliphatic heterocycles. The summed E-state index contributed by atoms with van der Waals surface area (Å²) in [6.07, 6.45) is 3.17. The van der Waals surface area contributed by atoms with Crippen molar-refractivity contribution in [2.24, 2.45) is 0 Å². The Morgan fingerprint density at radius 3 is 2.71 bits per heavy atom. The van der Waals surface area contributed by atoms with Gasteiger partial charge in [0.25, 0.3) is 0 Å². The minimum Gasteiger partial charge on any atom is -0.376 e. The van der Waals surface area contributed by atoms with Crippen LogP contribution >= 0.6 is 23.2 Å². The van der Waals surface area contributed by atoms with Gasteiger partial charge in [-0.15, -0.1) is 11.6 Å². The molecular weight excluding hydrogens is 314 g/mol. The van der Waals surface area contributed by atoms with E-state index in [1.54, 1.807) is 13.2 Å². The Balaban J connectivity index is 2.13. The van der Waals surface area contributed by atoms with Crippen LogP contribution in [0.5, 0.6) is 0 Å². The van der Waals surface area contributed by atoms with Gasteiger partial charge in [-0.2, -0.15) is 0 Å². The van der Waals surface area contributed by atoms with Crippen molar-refractivity contribution in [1.82, 2.24) is 9.55 Å². The van der Waals surface area contributed by atoms with Crippen molar-refractivity contribution in [1.29, 1.82) is 0 Å². The predicted octanol–water partition coefficient (Wildman–Crippen LogP) is 4.70. The fraction of sp³-hybridized carbons (Fsp3) is 0.533. The summed E-state index contributed by atoms with van der Waals surface area (Å²) in [5.41, 5.74) is 1.20. The number of ether oxygens (including phenoxy) is 1. The number of aromatic nitrogens is 2. The van der Waals surface area contributed by atoms with Crippen molar-refractivity contribution >= 4 is 34.2 Å². The van der Waals surface area contributed by atoms with Crippen molar-refractivity contribution < 1.29 is 9.13 Å². The molecule has 1 saturated carbocycles. The normalized spacial score (nSPS) is 18.7. The number of rotatable bonds is 4. The quantitative estimate of drug-likeness (QED) is 0.760. The predicted molar refractivity (Wildman–Crippen MR) is 82.6 cm³/mol. The zero-order chi connectivity index (χ0) is 15.2. The maximum atomic E-state index is 13.6. The largest absolute Gasteiger partial charge is 0.376 e. The van der Waals surface area contributed by atoms with Gasteiger partial charge in [0.05, 0.1) is 33.6 Å². The van der Waals surface area contributed by atoms with Gasteiger partial charge in [0, 0.05) is 13.2 Å². The van der Waals surface area contributed by atoms with Crippen molar-refractivity contribution in [2.75, 3.05) is 7.11 Å². The first-order valence-electron chi connectivity index (χ1n) is 7.00. The van der Waals surface area contributed by atoms with E-state index < -0.39 is 5.82 Å². The van der Waals surface area contributed by atoms with Crippen LogP contribution in [0.15, 0.2) is 12.1 Å². The van der Waals surface area contributed by atoms with Gasteiger partial charge in [-0.05, 0) is 32.3 Å². The van der Waals surface area contributed by atoms with Crippen LogP contribution in [0, 0.1) is 5.82 Å². The molecule has 1 fully saturated rings. The van der Waals surface area contributed by atoms with E-state index in [1.807, 2.05) is 11.5 Å². The molecular formula is C15H17Cl2FN2O. The SMILES string of the molecule is COC1(Cn2c(C(C)Cl)nc3cc(F)c(Cl)cc32)CCC1. The number of hydrogen-bond donors (Lipinski definition) is 0. The minimum absolute atomic E-state index is 0.0949. The first kappa shape index (κ1) is 15.1. The van der Waals surface area contributed by atoms with E-state index in [4.69, 9.17) is 27.9 Å². The van der Waals surface area contributed by atoms with Crippen molar-refractivity contribution in [2.45, 2.75) is 43.7 Å². The average molecular weight is 331 g/mol. The van der Waals surface area contributed by atoms with Crippen molar-refractivity contribution in [3.05, 3.63) is 28.8 Å². The van der Waals surface area contributed by atoms with E-state index in [2.05, 4.69) is 4.98 Å². The third-order valence-corrected chi connectivity index (χ3v) is 4.80. The van der Waals surface area contributed by atoms with Crippen LogP contribution in [0.3, 0.4) is 0 Å². The summed E-state index contributed by atoms with van der Waals surface area (Å²) in [4.78, 5) is 4.47. The Bertz CT molecular complexity index is 674. The van der Waals surface area contributed by atoms with Crippen molar-refractivity contribution in [3.63, 3.8) is 0 Å². The molecule has 3 nitrogen and oxygen atoms in total. The lowest BCUT2D eigenvalue weighted by Crippen LogP contribution is -2.43. The third-order valence-electron chi connectivity index (χ3n) is 4.32. The second-order valence-electron chi connectivity index (χ2n) is 5.67. The van der Waals surface area contributed by atoms with E-state index in [9.17, 15) is 4.39 Å². The van der Waals surface area contributed by atoms with Crippen LogP contribution in [-0.4, -0.2) is 22.3 Å². The first-order valence-corrected chi connectivity index (χ1v) is 7.81. The van der Waals surface area contributed by atoms with Gasteiger partial charge >= 0.3 is 0 Å². The fourth-order valence-electron chi connectivity index (χ4n) is 2.89. The summed E-state index contributed by atoms with van der Waals surface area (Å²) in [6.45, 7) is 2.52. The number of fused-ring (bicyclic) bond motifs is 1. The summed E-state index contributed by atoms with van der Waals surface area (Å²) in [5, 5.41) is -0.175. The molecule has 21 heavy (non-hydrogen) atoms. The van der Waals surface area contributed by atoms with E-state index in [0.717, 1.165) is 30.6 Å². The molecule has 1 unspecified atom stereocenters. The monoisotopic (exact) mass is 330 g/mol. The summed E-state index contributed by atoms with van der Waals surface area (Å²) >= 11 is 12.2. The lowest BCUT2D eigenvalue weighted by atomic mass is 9.80. The number of methoxy groups -OCH3 is 1. The molecule has 3 rings (SSSR count). The molecule has 1 aliphatic carbocycles. The molecule has 114 valence electrons. The van der Waals surface area contributed by atoms with E-state index in [1.165, 1.54) is 6.07 Å². The highest BCUT2D eigenvalue weighted by Gasteiger charge is 2.38. The molecule has 2 aromatic rings. The maximum absolute atomic E-state index is 13.6. The van der Waals surface area contributed by atoms with Crippen LogP contribution in [0.1, 0.15) is 37.4 Å². The molecule has 0 bridgehead atoms. The summed E-state index contributed by atoms with van der Waals surface area (Å²) < 4.78 is 21.3. The second kappa shape index (κ2) is 5.41. The second-order valence-corrected chi connectivity index (χ2v) is 6.73. The lowest BCUT2D eigenvalue weighted by molar-refractivity contribution is -0.0832. The topological polar surface area (TPSA) is 27.1 Å². The maximum Gasteiger partial charge on any atom is 0.144 e. The Kier molecular flexibility index (Phi) is 3.89. The van der Waals surface area contributed by atoms with Crippen LogP contribution in [0.4, 0.5) is 4.39 Å². The van der Waals surface area contributed by atoms with Crippen molar-refractivity contribution in [3.8, 4) is 0 Å². The zero-order valence-electron chi connectivity index (χ0n) is 12.0. The summed E-state index contributed by atoms with van der Waals surface area (Å²) in [5.74, 6) is 0.254. The van der Waals surface area contributed by atoms with Gasteiger partial charge < -0.3 is 9.30 Å². The Labute approximate surface area is 133 Å². The Morgan fingerprint density at radius 1 is 1.48 bits per heavy atom. The first-order chi connectivity index (χ1) is 9.96. The van der Waals surface area contributed by atoms with Gasteiger partial charge in [0.15, 0.2) is 0 Å². The van der Waals surface area contributed by atoms with E-state index in [0.29, 0.717) is 12.1 Å². The highest BCUT2D eigenvalue weighted by Crippen LogP contribution is 2.39. The van der Waals surface area contributed by atoms with Gasteiger partial charge in [0.1, 0.15) is 11.6 Å². The lowest BCUT2D eigenvalue weighted by Gasteiger charge is -2.41. The number of imidazole rings is 1. The molecule has 0 N–H and O–H groups in total. The van der Waals surface area contributed by atoms with Gasteiger partial charge in [0.2, 0.25) is 0 Å². The molecule has 1 aromatic carbocycles. The highest BCUT2D eigenvalue weighted by atomic mass is 35.5.